The second-order valence-corrected chi connectivity index (χ2v) is 22.1. The topological polar surface area (TPSA) is 95.9 Å². The van der Waals surface area contributed by atoms with Crippen LogP contribution in [0.1, 0.15) is 341 Å². The lowest BCUT2D eigenvalue weighted by Crippen LogP contribution is -2.45. The molecular formula is C67H125NO5. The predicted molar refractivity (Wildman–Crippen MR) is 319 cm³/mol. The number of hydrogen-bond acceptors (Lipinski definition) is 5. The van der Waals surface area contributed by atoms with Gasteiger partial charge in [0.05, 0.1) is 25.4 Å². The molecule has 0 saturated carbocycles. The van der Waals surface area contributed by atoms with Gasteiger partial charge in [0.2, 0.25) is 5.91 Å². The number of ether oxygens (including phenoxy) is 1. The van der Waals surface area contributed by atoms with E-state index in [1.165, 1.54) is 263 Å². The summed E-state index contributed by atoms with van der Waals surface area (Å²) in [7, 11) is 0. The molecule has 2 atom stereocenters. The first-order chi connectivity index (χ1) is 36.0. The predicted octanol–water partition coefficient (Wildman–Crippen LogP) is 20.5. The van der Waals surface area contributed by atoms with Gasteiger partial charge in [0.1, 0.15) is 0 Å². The molecule has 0 aliphatic heterocycles. The number of carbonyl (C=O) groups excluding carboxylic acids is 2. The largest absolute Gasteiger partial charge is 0.466 e. The summed E-state index contributed by atoms with van der Waals surface area (Å²) >= 11 is 0. The van der Waals surface area contributed by atoms with Crippen molar-refractivity contribution in [1.29, 1.82) is 0 Å². The minimum absolute atomic E-state index is 0.00671. The molecule has 0 rings (SSSR count). The number of unbranched alkanes of at least 4 members (excludes halogenated alkanes) is 43. The van der Waals surface area contributed by atoms with Gasteiger partial charge in [0.15, 0.2) is 0 Å². The van der Waals surface area contributed by atoms with Crippen molar-refractivity contribution in [2.75, 3.05) is 13.2 Å². The highest BCUT2D eigenvalue weighted by atomic mass is 16.5. The van der Waals surface area contributed by atoms with E-state index in [1.807, 2.05) is 6.08 Å². The fourth-order valence-corrected chi connectivity index (χ4v) is 9.84. The summed E-state index contributed by atoms with van der Waals surface area (Å²) in [5.41, 5.74) is 0. The summed E-state index contributed by atoms with van der Waals surface area (Å²) in [6.45, 7) is 4.88. The van der Waals surface area contributed by atoms with E-state index in [1.54, 1.807) is 6.08 Å². The Hall–Kier alpha value is -2.18. The molecule has 6 heteroatoms. The van der Waals surface area contributed by atoms with Crippen LogP contribution in [0.3, 0.4) is 0 Å². The van der Waals surface area contributed by atoms with Crippen LogP contribution in [0.15, 0.2) is 48.6 Å². The molecular weight excluding hydrogens is 899 g/mol. The number of rotatable bonds is 60. The maximum atomic E-state index is 12.4. The fraction of sp³-hybridized carbons (Fsp3) is 0.851. The number of esters is 1. The van der Waals surface area contributed by atoms with Crippen molar-refractivity contribution >= 4 is 11.9 Å². The van der Waals surface area contributed by atoms with Crippen molar-refractivity contribution in [3.05, 3.63) is 48.6 Å². The summed E-state index contributed by atoms with van der Waals surface area (Å²) in [6, 6.07) is -0.628. The third kappa shape index (κ3) is 58.9. The smallest absolute Gasteiger partial charge is 0.305 e. The molecule has 0 bridgehead atoms. The molecule has 0 saturated heterocycles. The fourth-order valence-electron chi connectivity index (χ4n) is 9.84. The number of allylic oxidation sites excluding steroid dienone is 7. The van der Waals surface area contributed by atoms with Gasteiger partial charge < -0.3 is 20.3 Å². The Kier molecular flexibility index (Phi) is 60.5. The summed E-state index contributed by atoms with van der Waals surface area (Å²) in [5, 5.41) is 23.1. The Bertz CT molecular complexity index is 1230. The van der Waals surface area contributed by atoms with Crippen LogP contribution in [-0.2, 0) is 14.3 Å². The highest BCUT2D eigenvalue weighted by molar-refractivity contribution is 5.76. The van der Waals surface area contributed by atoms with E-state index >= 15 is 0 Å². The van der Waals surface area contributed by atoms with Crippen molar-refractivity contribution in [3.63, 3.8) is 0 Å². The third-order valence-electron chi connectivity index (χ3n) is 14.8. The highest BCUT2D eigenvalue weighted by Gasteiger charge is 2.18. The minimum Gasteiger partial charge on any atom is -0.466 e. The van der Waals surface area contributed by atoms with Crippen molar-refractivity contribution in [2.45, 2.75) is 353 Å². The second-order valence-electron chi connectivity index (χ2n) is 22.1. The molecule has 73 heavy (non-hydrogen) atoms. The number of amides is 1. The Morgan fingerprint density at radius 1 is 0.384 bits per heavy atom. The number of carbonyl (C=O) groups is 2. The summed E-state index contributed by atoms with van der Waals surface area (Å²) in [5.74, 6) is -0.0625. The van der Waals surface area contributed by atoms with Crippen molar-refractivity contribution in [1.82, 2.24) is 5.32 Å². The Morgan fingerprint density at radius 2 is 0.685 bits per heavy atom. The lowest BCUT2D eigenvalue weighted by Gasteiger charge is -2.20. The first kappa shape index (κ1) is 70.8. The molecule has 0 aliphatic carbocycles. The molecule has 6 nitrogen and oxygen atoms in total. The molecule has 0 radical (unpaired) electrons. The van der Waals surface area contributed by atoms with E-state index in [0.29, 0.717) is 19.4 Å². The molecule has 3 N–H and O–H groups in total. The first-order valence-corrected chi connectivity index (χ1v) is 32.4. The molecule has 0 heterocycles. The van der Waals surface area contributed by atoms with Crippen molar-refractivity contribution in [2.24, 2.45) is 0 Å². The SMILES string of the molecule is CCCCC/C=C\C/C=C\CCCCCCCCCC(=O)OCCCCCCCCCCCCCC/C=C\CCCCCCCCCCCCCC(=O)NC(CO)C(O)/C=C/CCCCCCCCCCCC. The number of hydrogen-bond donors (Lipinski definition) is 3. The van der Waals surface area contributed by atoms with E-state index in [9.17, 15) is 19.8 Å². The molecule has 0 aromatic carbocycles. The van der Waals surface area contributed by atoms with E-state index in [2.05, 4.69) is 55.6 Å². The standard InChI is InChI=1S/C67H125NO5/c1-3-5-7-9-11-13-15-17-18-30-34-37-41-45-49-53-57-61-67(72)73-62-58-54-50-46-42-38-35-32-29-27-25-23-21-19-20-22-24-26-28-31-33-36-40-44-48-52-56-60-66(71)68-64(63-69)65(70)59-55-51-47-43-39-16-14-12-10-8-6-4-2/h11,13,17-20,55,59,64-65,69-70H,3-10,12,14-16,21-54,56-58,60-63H2,1-2H3,(H,68,71)/b13-11-,18-17-,20-19-,59-55+. The Morgan fingerprint density at radius 3 is 1.08 bits per heavy atom. The third-order valence-corrected chi connectivity index (χ3v) is 14.8. The summed E-state index contributed by atoms with van der Waals surface area (Å²) < 4.78 is 5.49. The van der Waals surface area contributed by atoms with E-state index in [4.69, 9.17) is 4.74 Å². The maximum absolute atomic E-state index is 12.4. The van der Waals surface area contributed by atoms with Gasteiger partial charge >= 0.3 is 5.97 Å². The van der Waals surface area contributed by atoms with E-state index in [0.717, 1.165) is 51.4 Å². The average Bonchev–Trinajstić information content (AvgIpc) is 3.39. The van der Waals surface area contributed by atoms with Crippen molar-refractivity contribution < 1.29 is 24.5 Å². The van der Waals surface area contributed by atoms with Crippen LogP contribution in [-0.4, -0.2) is 47.4 Å². The molecule has 0 spiro atoms. The molecule has 1 amide bonds. The average molecular weight is 1020 g/mol. The van der Waals surface area contributed by atoms with E-state index in [-0.39, 0.29) is 18.5 Å². The second kappa shape index (κ2) is 62.4. The van der Waals surface area contributed by atoms with Gasteiger partial charge in [-0.05, 0) is 89.9 Å². The quantitative estimate of drug-likeness (QED) is 0.0320. The van der Waals surface area contributed by atoms with Crippen LogP contribution in [0.25, 0.3) is 0 Å². The minimum atomic E-state index is -0.844. The zero-order valence-electron chi connectivity index (χ0n) is 48.9. The molecule has 0 aromatic rings. The normalized spacial score (nSPS) is 12.9. The Balaban J connectivity index is 3.39. The lowest BCUT2D eigenvalue weighted by molar-refractivity contribution is -0.143. The van der Waals surface area contributed by atoms with Gasteiger partial charge in [-0.3, -0.25) is 9.59 Å². The van der Waals surface area contributed by atoms with Gasteiger partial charge in [-0.15, -0.1) is 0 Å². The number of aliphatic hydroxyl groups is 2. The van der Waals surface area contributed by atoms with Crippen LogP contribution < -0.4 is 5.32 Å². The van der Waals surface area contributed by atoms with Crippen LogP contribution in [0, 0.1) is 0 Å². The maximum Gasteiger partial charge on any atom is 0.305 e. The molecule has 0 fully saturated rings. The van der Waals surface area contributed by atoms with Crippen LogP contribution in [0.4, 0.5) is 0 Å². The van der Waals surface area contributed by atoms with Gasteiger partial charge in [-0.1, -0.05) is 287 Å². The van der Waals surface area contributed by atoms with Gasteiger partial charge in [-0.25, -0.2) is 0 Å². The highest BCUT2D eigenvalue weighted by Crippen LogP contribution is 2.17. The summed E-state index contributed by atoms with van der Waals surface area (Å²) in [6.07, 6.45) is 80.2. The van der Waals surface area contributed by atoms with E-state index < -0.39 is 12.1 Å². The zero-order chi connectivity index (χ0) is 52.9. The van der Waals surface area contributed by atoms with Gasteiger partial charge in [0, 0.05) is 12.8 Å². The van der Waals surface area contributed by atoms with Crippen LogP contribution in [0.2, 0.25) is 0 Å². The Labute approximate surface area is 455 Å². The van der Waals surface area contributed by atoms with Crippen LogP contribution in [0.5, 0.6) is 0 Å². The van der Waals surface area contributed by atoms with Crippen molar-refractivity contribution in [3.8, 4) is 0 Å². The molecule has 428 valence electrons. The molecule has 0 aromatic heterocycles. The molecule has 2 unspecified atom stereocenters. The van der Waals surface area contributed by atoms with Gasteiger partial charge in [0.25, 0.3) is 0 Å². The lowest BCUT2D eigenvalue weighted by atomic mass is 10.0. The van der Waals surface area contributed by atoms with Gasteiger partial charge in [-0.2, -0.15) is 0 Å². The number of nitrogens with one attached hydrogen (secondary N) is 1. The van der Waals surface area contributed by atoms with Crippen LogP contribution >= 0.6 is 0 Å². The summed E-state index contributed by atoms with van der Waals surface area (Å²) in [4.78, 5) is 24.5. The number of aliphatic hydroxyl groups excluding tert-OH is 2. The molecule has 0 aliphatic rings. The first-order valence-electron chi connectivity index (χ1n) is 32.4. The zero-order valence-corrected chi connectivity index (χ0v) is 48.9. The monoisotopic (exact) mass is 1020 g/mol.